The van der Waals surface area contributed by atoms with E-state index >= 15 is 0 Å². The van der Waals surface area contributed by atoms with Crippen LogP contribution in [0.15, 0.2) is 24.3 Å². The molecule has 1 fully saturated rings. The number of hydrogen-bond donors (Lipinski definition) is 2. The Morgan fingerprint density at radius 3 is 2.85 bits per heavy atom. The van der Waals surface area contributed by atoms with Crippen LogP contribution in [0.1, 0.15) is 17.5 Å². The fourth-order valence-corrected chi connectivity index (χ4v) is 2.07. The molecule has 1 atom stereocenters. The second kappa shape index (κ2) is 6.34. The molecule has 0 aromatic heterocycles. The zero-order chi connectivity index (χ0) is 14.5. The third-order valence-corrected chi connectivity index (χ3v) is 3.23. The number of rotatable bonds is 4. The number of aryl methyl sites for hydroxylation is 1. The van der Waals surface area contributed by atoms with Gasteiger partial charge in [-0.15, -0.1) is 0 Å². The molecule has 1 aliphatic heterocycles. The Labute approximate surface area is 117 Å². The maximum Gasteiger partial charge on any atom is 0.328 e. The minimum atomic E-state index is -0.985. The molecule has 5 heteroatoms. The first-order chi connectivity index (χ1) is 9.56. The monoisotopic (exact) mass is 275 g/mol. The van der Waals surface area contributed by atoms with Crippen LogP contribution in [0.2, 0.25) is 0 Å². The predicted octanol–water partition coefficient (Wildman–Crippen LogP) is 2.07. The molecule has 0 spiro atoms. The summed E-state index contributed by atoms with van der Waals surface area (Å²) in [5.41, 5.74) is 2.42. The fourth-order valence-electron chi connectivity index (χ4n) is 2.07. The van der Waals surface area contributed by atoms with Gasteiger partial charge in [-0.05, 0) is 42.7 Å². The largest absolute Gasteiger partial charge is 0.478 e. The number of benzene rings is 1. The molecule has 0 aliphatic carbocycles. The number of ether oxygens (including phenoxy) is 1. The lowest BCUT2D eigenvalue weighted by atomic mass is 10.1. The highest BCUT2D eigenvalue weighted by Crippen LogP contribution is 2.20. The number of anilines is 1. The number of carboxylic acids is 1. The van der Waals surface area contributed by atoms with Crippen molar-refractivity contribution in [3.05, 3.63) is 35.4 Å². The molecule has 2 rings (SSSR count). The van der Waals surface area contributed by atoms with Crippen molar-refractivity contribution in [2.24, 2.45) is 5.92 Å². The Morgan fingerprint density at radius 1 is 1.45 bits per heavy atom. The molecule has 1 aliphatic rings. The molecule has 1 aromatic rings. The second-order valence-electron chi connectivity index (χ2n) is 4.80. The quantitative estimate of drug-likeness (QED) is 0.825. The molecule has 1 saturated heterocycles. The highest BCUT2D eigenvalue weighted by atomic mass is 16.5. The van der Waals surface area contributed by atoms with Gasteiger partial charge in [-0.3, -0.25) is 4.79 Å². The van der Waals surface area contributed by atoms with Gasteiger partial charge in [0.05, 0.1) is 12.5 Å². The van der Waals surface area contributed by atoms with Gasteiger partial charge in [-0.2, -0.15) is 0 Å². The molecule has 2 N–H and O–H groups in total. The number of carbonyl (C=O) groups excluding carboxylic acids is 1. The van der Waals surface area contributed by atoms with Gasteiger partial charge in [0.15, 0.2) is 0 Å². The number of carbonyl (C=O) groups is 2. The molecule has 0 radical (unpaired) electrons. The number of amides is 1. The van der Waals surface area contributed by atoms with Crippen LogP contribution in [0.5, 0.6) is 0 Å². The van der Waals surface area contributed by atoms with Gasteiger partial charge in [0.1, 0.15) is 0 Å². The smallest absolute Gasteiger partial charge is 0.328 e. The number of nitrogens with one attached hydrogen (secondary N) is 1. The van der Waals surface area contributed by atoms with Crippen molar-refractivity contribution >= 4 is 23.6 Å². The number of carboxylic acid groups (broad SMARTS) is 1. The normalized spacial score (nSPS) is 18.4. The zero-order valence-corrected chi connectivity index (χ0v) is 11.3. The lowest BCUT2D eigenvalue weighted by Crippen LogP contribution is -2.23. The number of aliphatic carboxylic acids is 1. The van der Waals surface area contributed by atoms with Crippen LogP contribution in [-0.4, -0.2) is 30.2 Å². The molecular formula is C15H17NO4. The van der Waals surface area contributed by atoms with Crippen LogP contribution >= 0.6 is 0 Å². The van der Waals surface area contributed by atoms with Gasteiger partial charge < -0.3 is 15.2 Å². The highest BCUT2D eigenvalue weighted by Gasteiger charge is 2.23. The van der Waals surface area contributed by atoms with Crippen LogP contribution in [0, 0.1) is 12.8 Å². The summed E-state index contributed by atoms with van der Waals surface area (Å²) in [6, 6.07) is 5.39. The molecule has 20 heavy (non-hydrogen) atoms. The average molecular weight is 275 g/mol. The van der Waals surface area contributed by atoms with E-state index in [4.69, 9.17) is 9.84 Å². The minimum Gasteiger partial charge on any atom is -0.478 e. The van der Waals surface area contributed by atoms with Crippen LogP contribution in [0.25, 0.3) is 6.08 Å². The molecule has 5 nitrogen and oxygen atoms in total. The SMILES string of the molecule is Cc1cc(C=CC(=O)O)ccc1NC(=O)C1CCOC1. The van der Waals surface area contributed by atoms with E-state index in [1.165, 1.54) is 6.08 Å². The first-order valence-corrected chi connectivity index (χ1v) is 6.46. The highest BCUT2D eigenvalue weighted by molar-refractivity contribution is 5.93. The topological polar surface area (TPSA) is 75.6 Å². The summed E-state index contributed by atoms with van der Waals surface area (Å²) in [5.74, 6) is -1.10. The van der Waals surface area contributed by atoms with Crippen molar-refractivity contribution in [1.29, 1.82) is 0 Å². The summed E-state index contributed by atoms with van der Waals surface area (Å²) in [4.78, 5) is 22.4. The van der Waals surface area contributed by atoms with Crippen molar-refractivity contribution in [2.45, 2.75) is 13.3 Å². The van der Waals surface area contributed by atoms with E-state index in [9.17, 15) is 9.59 Å². The summed E-state index contributed by atoms with van der Waals surface area (Å²) in [7, 11) is 0. The fraction of sp³-hybridized carbons (Fsp3) is 0.333. The molecule has 0 saturated carbocycles. The standard InChI is InChI=1S/C15H17NO4/c1-10-8-11(3-5-14(17)18)2-4-13(10)16-15(19)12-6-7-20-9-12/h2-5,8,12H,6-7,9H2,1H3,(H,16,19)(H,17,18). The Balaban J connectivity index is 2.05. The number of hydrogen-bond acceptors (Lipinski definition) is 3. The summed E-state index contributed by atoms with van der Waals surface area (Å²) in [6.45, 7) is 2.99. The Hall–Kier alpha value is -2.14. The van der Waals surface area contributed by atoms with Gasteiger partial charge in [0.25, 0.3) is 0 Å². The van der Waals surface area contributed by atoms with Crippen molar-refractivity contribution < 1.29 is 19.4 Å². The van der Waals surface area contributed by atoms with Crippen molar-refractivity contribution in [3.8, 4) is 0 Å². The van der Waals surface area contributed by atoms with E-state index < -0.39 is 5.97 Å². The van der Waals surface area contributed by atoms with Gasteiger partial charge in [-0.25, -0.2) is 4.79 Å². The predicted molar refractivity (Wildman–Crippen MR) is 75.4 cm³/mol. The van der Waals surface area contributed by atoms with Crippen molar-refractivity contribution in [1.82, 2.24) is 0 Å². The van der Waals surface area contributed by atoms with Gasteiger partial charge in [0.2, 0.25) is 5.91 Å². The minimum absolute atomic E-state index is 0.0283. The summed E-state index contributed by atoms with van der Waals surface area (Å²) >= 11 is 0. The van der Waals surface area contributed by atoms with E-state index in [0.29, 0.717) is 13.2 Å². The van der Waals surface area contributed by atoms with E-state index in [0.717, 1.165) is 29.3 Å². The molecule has 0 bridgehead atoms. The van der Waals surface area contributed by atoms with Crippen LogP contribution in [0.4, 0.5) is 5.69 Å². The first kappa shape index (κ1) is 14.3. The van der Waals surface area contributed by atoms with Crippen LogP contribution < -0.4 is 5.32 Å². The molecule has 1 heterocycles. The average Bonchev–Trinajstić information content (AvgIpc) is 2.93. The summed E-state index contributed by atoms with van der Waals surface area (Å²) in [6.07, 6.45) is 3.36. The van der Waals surface area contributed by atoms with Crippen LogP contribution in [0.3, 0.4) is 0 Å². The van der Waals surface area contributed by atoms with E-state index in [1.54, 1.807) is 12.1 Å². The van der Waals surface area contributed by atoms with Crippen molar-refractivity contribution in [2.75, 3.05) is 18.5 Å². The maximum absolute atomic E-state index is 12.0. The van der Waals surface area contributed by atoms with Gasteiger partial charge in [-0.1, -0.05) is 6.07 Å². The Bertz CT molecular complexity index is 545. The van der Waals surface area contributed by atoms with E-state index in [-0.39, 0.29) is 11.8 Å². The zero-order valence-electron chi connectivity index (χ0n) is 11.3. The molecule has 1 amide bonds. The van der Waals surface area contributed by atoms with Gasteiger partial charge in [0, 0.05) is 18.4 Å². The molecule has 1 aromatic carbocycles. The Kier molecular flexibility index (Phi) is 4.53. The lowest BCUT2D eigenvalue weighted by Gasteiger charge is -2.12. The molecule has 106 valence electrons. The summed E-state index contributed by atoms with van der Waals surface area (Å²) < 4.78 is 5.19. The van der Waals surface area contributed by atoms with Crippen molar-refractivity contribution in [3.63, 3.8) is 0 Å². The van der Waals surface area contributed by atoms with E-state index in [1.807, 2.05) is 13.0 Å². The first-order valence-electron chi connectivity index (χ1n) is 6.46. The third-order valence-electron chi connectivity index (χ3n) is 3.23. The second-order valence-corrected chi connectivity index (χ2v) is 4.80. The lowest BCUT2D eigenvalue weighted by molar-refractivity contribution is -0.131. The van der Waals surface area contributed by atoms with E-state index in [2.05, 4.69) is 5.32 Å². The van der Waals surface area contributed by atoms with Gasteiger partial charge >= 0.3 is 5.97 Å². The maximum atomic E-state index is 12.0. The van der Waals surface area contributed by atoms with Crippen LogP contribution in [-0.2, 0) is 14.3 Å². The third kappa shape index (κ3) is 3.68. The summed E-state index contributed by atoms with van der Waals surface area (Å²) in [5, 5.41) is 11.5. The Morgan fingerprint density at radius 2 is 2.25 bits per heavy atom. The molecular weight excluding hydrogens is 258 g/mol. The molecule has 1 unspecified atom stereocenters.